The second kappa shape index (κ2) is 28.3. The van der Waals surface area contributed by atoms with Gasteiger partial charge in [-0.3, -0.25) is 24.0 Å². The first-order valence-corrected chi connectivity index (χ1v) is 17.4. The van der Waals surface area contributed by atoms with Crippen molar-refractivity contribution in [1.82, 2.24) is 24.9 Å². The van der Waals surface area contributed by atoms with E-state index in [-0.39, 0.29) is 78.1 Å². The van der Waals surface area contributed by atoms with Crippen LogP contribution in [0.5, 0.6) is 0 Å². The van der Waals surface area contributed by atoms with Gasteiger partial charge in [-0.2, -0.15) is 0 Å². The van der Waals surface area contributed by atoms with Gasteiger partial charge in [0, 0.05) is 47.7 Å². The number of carbonyl (C=O) groups excluding carboxylic acids is 5. The minimum Gasteiger partial charge on any atom is -0.394 e. The van der Waals surface area contributed by atoms with Crippen LogP contribution in [0.3, 0.4) is 0 Å². The van der Waals surface area contributed by atoms with Crippen molar-refractivity contribution in [1.29, 1.82) is 0 Å². The molecule has 8 atom stereocenters. The predicted octanol–water partition coefficient (Wildman–Crippen LogP) is -8.36. The highest BCUT2D eigenvalue weighted by molar-refractivity contribution is 5.89. The first-order valence-electron chi connectivity index (χ1n) is 17.4. The van der Waals surface area contributed by atoms with Gasteiger partial charge in [0.25, 0.3) is 0 Å². The van der Waals surface area contributed by atoms with E-state index in [1.165, 1.54) is 33.0 Å². The first-order chi connectivity index (χ1) is 25.8. The van der Waals surface area contributed by atoms with Crippen molar-refractivity contribution in [3.63, 3.8) is 0 Å². The molecule has 11 N–H and O–H groups in total. The number of nitrogens with one attached hydrogen (secondary N) is 1. The fraction of sp³-hybridized carbons (Fsp3) is 0.844. The monoisotopic (exact) mass is 803 g/mol. The molecule has 0 spiro atoms. The molecule has 0 bridgehead atoms. The van der Waals surface area contributed by atoms with E-state index in [1.54, 1.807) is 0 Å². The van der Waals surface area contributed by atoms with Crippen molar-refractivity contribution >= 4 is 29.5 Å². The zero-order chi connectivity index (χ0) is 42.2. The summed E-state index contributed by atoms with van der Waals surface area (Å²) in [5.41, 5.74) is 0. The van der Waals surface area contributed by atoms with Crippen LogP contribution in [0.25, 0.3) is 0 Å². The van der Waals surface area contributed by atoms with E-state index in [4.69, 9.17) is 24.4 Å². The summed E-state index contributed by atoms with van der Waals surface area (Å²) in [5, 5.41) is 100. The lowest BCUT2D eigenvalue weighted by atomic mass is 10.0. The molecule has 0 radical (unpaired) electrons. The number of rotatable bonds is 30. The van der Waals surface area contributed by atoms with Crippen molar-refractivity contribution in [2.24, 2.45) is 0 Å². The number of likely N-dealkylation sites (N-methyl/N-ethyl adjacent to an activating group) is 3. The Morgan fingerprint density at radius 1 is 0.527 bits per heavy atom. The van der Waals surface area contributed by atoms with E-state index in [9.17, 15) is 64.8 Å². The second-order valence-corrected chi connectivity index (χ2v) is 12.7. The maximum absolute atomic E-state index is 12.9. The van der Waals surface area contributed by atoms with Crippen LogP contribution in [0.2, 0.25) is 0 Å². The highest BCUT2D eigenvalue weighted by Crippen LogP contribution is 2.12. The molecule has 23 nitrogen and oxygen atoms in total. The number of amides is 5. The van der Waals surface area contributed by atoms with Gasteiger partial charge in [-0.25, -0.2) is 0 Å². The summed E-state index contributed by atoms with van der Waals surface area (Å²) in [5.74, 6) is -2.43. The highest BCUT2D eigenvalue weighted by atomic mass is 16.5. The summed E-state index contributed by atoms with van der Waals surface area (Å²) in [6, 6.07) is 0. The Morgan fingerprint density at radius 2 is 0.909 bits per heavy atom. The van der Waals surface area contributed by atoms with Crippen molar-refractivity contribution in [2.45, 2.75) is 62.2 Å². The zero-order valence-corrected chi connectivity index (χ0v) is 31.8. The van der Waals surface area contributed by atoms with E-state index in [0.717, 1.165) is 14.7 Å². The van der Waals surface area contributed by atoms with E-state index in [0.29, 0.717) is 0 Å². The molecule has 23 heteroatoms. The van der Waals surface area contributed by atoms with Gasteiger partial charge < -0.3 is 90.2 Å². The van der Waals surface area contributed by atoms with Gasteiger partial charge in [0.2, 0.25) is 29.5 Å². The van der Waals surface area contributed by atoms with Crippen LogP contribution in [0.1, 0.15) is 13.3 Å². The van der Waals surface area contributed by atoms with Crippen LogP contribution >= 0.6 is 0 Å². The van der Waals surface area contributed by atoms with Crippen molar-refractivity contribution < 1.29 is 89.2 Å². The number of carbonyl (C=O) groups is 5. The largest absolute Gasteiger partial charge is 0.394 e. The summed E-state index contributed by atoms with van der Waals surface area (Å²) in [7, 11) is 4.29. The molecule has 0 aromatic carbocycles. The molecule has 0 aliphatic carbocycles. The third-order valence-electron chi connectivity index (χ3n) is 8.11. The number of aliphatic hydroxyl groups excluding tert-OH is 10. The highest BCUT2D eigenvalue weighted by Gasteiger charge is 2.35. The zero-order valence-electron chi connectivity index (χ0n) is 31.8. The van der Waals surface area contributed by atoms with Gasteiger partial charge in [-0.05, 0) is 0 Å². The Kier molecular flexibility index (Phi) is 26.6. The van der Waals surface area contributed by atoms with E-state index in [1.807, 2.05) is 0 Å². The molecular weight excluding hydrogens is 742 g/mol. The van der Waals surface area contributed by atoms with Crippen LogP contribution < -0.4 is 5.32 Å². The standard InChI is InChI=1S/C32H61N5O18/c1-20(40)34(2)16-27(47)36(4)17-28(48)35(3)15-25(45)33-6-8-54-10-12-55-11-9-53-7-5-26(46)37(13-21(41)29(49)31(51)23(43)18-38)14-22(42)30(50)32(52)24(44)19-39/h21-24,29-32,38-39,41-44,49-52H,5-19H2,1-4H3,(H,33,45)/t21-,22-,23+,24+,29+,30+,31+,32+/m0/s1. The third-order valence-corrected chi connectivity index (χ3v) is 8.11. The summed E-state index contributed by atoms with van der Waals surface area (Å²) < 4.78 is 16.1. The lowest BCUT2D eigenvalue weighted by Gasteiger charge is -2.33. The molecule has 55 heavy (non-hydrogen) atoms. The number of nitrogens with zero attached hydrogens (tertiary/aromatic N) is 4. The predicted molar refractivity (Wildman–Crippen MR) is 187 cm³/mol. The van der Waals surface area contributed by atoms with E-state index >= 15 is 0 Å². The van der Waals surface area contributed by atoms with Crippen molar-refractivity contribution in [3.8, 4) is 0 Å². The molecule has 322 valence electrons. The lowest BCUT2D eigenvalue weighted by molar-refractivity contribution is -0.149. The Labute approximate surface area is 319 Å². The van der Waals surface area contributed by atoms with Crippen molar-refractivity contribution in [3.05, 3.63) is 0 Å². The fourth-order valence-electron chi connectivity index (χ4n) is 4.40. The molecule has 0 rings (SSSR count). The van der Waals surface area contributed by atoms with Gasteiger partial charge in [-0.1, -0.05) is 0 Å². The first kappa shape index (κ1) is 51.8. The average molecular weight is 804 g/mol. The van der Waals surface area contributed by atoms with Crippen LogP contribution in [-0.2, 0) is 38.2 Å². The average Bonchev–Trinajstić information content (AvgIpc) is 3.15. The number of hydrogen-bond acceptors (Lipinski definition) is 18. The Balaban J connectivity index is 4.51. The minimum absolute atomic E-state index is 0.0359. The molecule has 0 aliphatic rings. The molecule has 0 unspecified atom stereocenters. The summed E-state index contributed by atoms with van der Waals surface area (Å²) >= 11 is 0. The van der Waals surface area contributed by atoms with Crippen LogP contribution in [0.4, 0.5) is 0 Å². The van der Waals surface area contributed by atoms with Crippen LogP contribution in [-0.4, -0.2) is 262 Å². The molecule has 0 saturated heterocycles. The van der Waals surface area contributed by atoms with Crippen molar-refractivity contribution in [2.75, 3.05) is 113 Å². The second-order valence-electron chi connectivity index (χ2n) is 12.7. The fourth-order valence-corrected chi connectivity index (χ4v) is 4.40. The molecule has 0 aromatic heterocycles. The van der Waals surface area contributed by atoms with Gasteiger partial charge in [0.05, 0.1) is 78.9 Å². The molecular formula is C32H61N5O18. The maximum atomic E-state index is 12.9. The lowest BCUT2D eigenvalue weighted by Crippen LogP contribution is -2.54. The van der Waals surface area contributed by atoms with E-state index < -0.39 is 98.8 Å². The summed E-state index contributed by atoms with van der Waals surface area (Å²) in [6.45, 7) is -2.22. The molecule has 5 amide bonds. The molecule has 0 fully saturated rings. The molecule has 0 saturated carbocycles. The van der Waals surface area contributed by atoms with Crippen LogP contribution in [0, 0.1) is 0 Å². The topological polar surface area (TPSA) is 340 Å². The summed E-state index contributed by atoms with van der Waals surface area (Å²) in [6.07, 6.45) is -15.9. The SMILES string of the molecule is CC(=O)N(C)CC(=O)N(C)CC(=O)N(C)CC(=O)NCCOCCOCCOCCC(=O)N(C[C@H](O)[C@@H](O)[C@H](O)[C@H](O)CO)C[C@H](O)[C@@H](O)[C@H](O)[C@H](O)CO. The van der Waals surface area contributed by atoms with Gasteiger partial charge >= 0.3 is 0 Å². The number of hydrogen-bond donors (Lipinski definition) is 11. The third kappa shape index (κ3) is 21.1. The number of ether oxygens (including phenoxy) is 3. The molecule has 0 aliphatic heterocycles. The van der Waals surface area contributed by atoms with Gasteiger partial charge in [0.15, 0.2) is 0 Å². The number of aliphatic hydroxyl groups is 10. The molecule has 0 heterocycles. The Hall–Kier alpha value is -3.17. The Bertz CT molecular complexity index is 1110. The van der Waals surface area contributed by atoms with Crippen LogP contribution in [0.15, 0.2) is 0 Å². The quantitative estimate of drug-likeness (QED) is 0.0300. The van der Waals surface area contributed by atoms with E-state index in [2.05, 4.69) is 5.32 Å². The van der Waals surface area contributed by atoms with Gasteiger partial charge in [0.1, 0.15) is 48.8 Å². The maximum Gasteiger partial charge on any atom is 0.242 e. The summed E-state index contributed by atoms with van der Waals surface area (Å²) in [4.78, 5) is 65.2. The van der Waals surface area contributed by atoms with Gasteiger partial charge in [-0.15, -0.1) is 0 Å². The smallest absolute Gasteiger partial charge is 0.242 e. The minimum atomic E-state index is -2.05. The molecule has 0 aromatic rings. The normalized spacial score (nSPS) is 15.8. The Morgan fingerprint density at radius 3 is 1.35 bits per heavy atom.